The first kappa shape index (κ1) is 29.2. The van der Waals surface area contributed by atoms with Crippen LogP contribution in [0.4, 0.5) is 11.4 Å². The number of amides is 2. The van der Waals surface area contributed by atoms with Crippen LogP contribution in [0.1, 0.15) is 49.3 Å². The number of rotatable bonds is 10. The minimum atomic E-state index is -0.649. The minimum absolute atomic E-state index is 0.0822. The number of ether oxygens (including phenoxy) is 2. The standard InChI is InChI=1S/C29H30BrClN2O5/c1-17(2)22-10-5-18(3)13-26(22)38-21-8-6-20(7-9-21)32-27(34)11-12-29(36)37-16-28(35)33-25-15-24(31)23(30)14-19(25)4/h5-10,13-15,17H,11-12,16H2,1-4H3,(H,32,34)(H,33,35). The van der Waals surface area contributed by atoms with Gasteiger partial charge in [0.05, 0.1) is 11.4 Å². The third-order valence-corrected chi connectivity index (χ3v) is 6.82. The fourth-order valence-electron chi connectivity index (χ4n) is 3.56. The van der Waals surface area contributed by atoms with Gasteiger partial charge in [-0.05, 0) is 94.9 Å². The molecule has 3 rings (SSSR count). The first-order valence-electron chi connectivity index (χ1n) is 12.1. The summed E-state index contributed by atoms with van der Waals surface area (Å²) < 4.78 is 11.8. The van der Waals surface area contributed by atoms with E-state index in [2.05, 4.69) is 52.5 Å². The molecule has 2 amide bonds. The van der Waals surface area contributed by atoms with Crippen molar-refractivity contribution < 1.29 is 23.9 Å². The van der Waals surface area contributed by atoms with Crippen molar-refractivity contribution in [3.63, 3.8) is 0 Å². The number of nitrogens with one attached hydrogen (secondary N) is 2. The molecule has 0 saturated carbocycles. The van der Waals surface area contributed by atoms with E-state index < -0.39 is 18.5 Å². The molecule has 0 aromatic heterocycles. The van der Waals surface area contributed by atoms with Gasteiger partial charge in [0.15, 0.2) is 6.61 Å². The van der Waals surface area contributed by atoms with E-state index in [4.69, 9.17) is 21.1 Å². The largest absolute Gasteiger partial charge is 0.457 e. The van der Waals surface area contributed by atoms with Crippen LogP contribution in [0, 0.1) is 13.8 Å². The zero-order chi connectivity index (χ0) is 27.8. The maximum atomic E-state index is 12.3. The molecule has 9 heteroatoms. The van der Waals surface area contributed by atoms with E-state index >= 15 is 0 Å². The zero-order valence-electron chi connectivity index (χ0n) is 21.7. The number of benzene rings is 3. The van der Waals surface area contributed by atoms with Crippen molar-refractivity contribution in [3.8, 4) is 11.5 Å². The summed E-state index contributed by atoms with van der Waals surface area (Å²) in [5.41, 5.74) is 4.12. The van der Waals surface area contributed by atoms with Crippen LogP contribution in [0.5, 0.6) is 11.5 Å². The zero-order valence-corrected chi connectivity index (χ0v) is 24.0. The second-order valence-corrected chi connectivity index (χ2v) is 10.4. The fraction of sp³-hybridized carbons (Fsp3) is 0.276. The Balaban J connectivity index is 1.43. The lowest BCUT2D eigenvalue weighted by atomic mass is 10.0. The van der Waals surface area contributed by atoms with Gasteiger partial charge in [0, 0.05) is 22.3 Å². The van der Waals surface area contributed by atoms with Crippen LogP contribution in [0.3, 0.4) is 0 Å². The summed E-state index contributed by atoms with van der Waals surface area (Å²) in [6, 6.07) is 16.5. The predicted octanol–water partition coefficient (Wildman–Crippen LogP) is 7.54. The Morgan fingerprint density at radius 3 is 2.32 bits per heavy atom. The Kier molecular flexibility index (Phi) is 10.3. The van der Waals surface area contributed by atoms with Gasteiger partial charge in [0.25, 0.3) is 5.91 Å². The lowest BCUT2D eigenvalue weighted by Crippen LogP contribution is -2.22. The van der Waals surface area contributed by atoms with Crippen molar-refractivity contribution in [3.05, 3.63) is 80.8 Å². The number of carbonyl (C=O) groups excluding carboxylic acids is 3. The van der Waals surface area contributed by atoms with Gasteiger partial charge in [0.1, 0.15) is 11.5 Å². The molecule has 0 fully saturated rings. The topological polar surface area (TPSA) is 93.7 Å². The van der Waals surface area contributed by atoms with Gasteiger partial charge in [-0.15, -0.1) is 0 Å². The molecule has 0 radical (unpaired) electrons. The molecule has 38 heavy (non-hydrogen) atoms. The van der Waals surface area contributed by atoms with Gasteiger partial charge in [-0.1, -0.05) is 37.6 Å². The Morgan fingerprint density at radius 2 is 1.63 bits per heavy atom. The van der Waals surface area contributed by atoms with E-state index in [9.17, 15) is 14.4 Å². The van der Waals surface area contributed by atoms with Crippen LogP contribution in [0.15, 0.2) is 59.1 Å². The third kappa shape index (κ3) is 8.60. The highest BCUT2D eigenvalue weighted by atomic mass is 79.9. The summed E-state index contributed by atoms with van der Waals surface area (Å²) in [6.45, 7) is 7.59. The highest BCUT2D eigenvalue weighted by Gasteiger charge is 2.13. The molecule has 0 bridgehead atoms. The number of esters is 1. The van der Waals surface area contributed by atoms with Gasteiger partial charge in [-0.2, -0.15) is 0 Å². The molecule has 3 aromatic carbocycles. The summed E-state index contributed by atoms with van der Waals surface area (Å²) in [5, 5.41) is 5.84. The molecular formula is C29H30BrClN2O5. The average molecular weight is 602 g/mol. The molecule has 0 aliphatic heterocycles. The van der Waals surface area contributed by atoms with E-state index in [0.717, 1.165) is 22.4 Å². The van der Waals surface area contributed by atoms with Crippen molar-refractivity contribution in [1.29, 1.82) is 0 Å². The van der Waals surface area contributed by atoms with Gasteiger partial charge >= 0.3 is 5.97 Å². The number of aryl methyl sites for hydroxylation is 2. The van der Waals surface area contributed by atoms with Crippen molar-refractivity contribution in [2.45, 2.75) is 46.5 Å². The van der Waals surface area contributed by atoms with E-state index in [1.165, 1.54) is 0 Å². The molecule has 0 atom stereocenters. The number of hydrogen-bond donors (Lipinski definition) is 2. The lowest BCUT2D eigenvalue weighted by molar-refractivity contribution is -0.147. The summed E-state index contributed by atoms with van der Waals surface area (Å²) in [6.07, 6.45) is -0.240. The van der Waals surface area contributed by atoms with Gasteiger partial charge in [-0.25, -0.2) is 0 Å². The molecule has 0 aliphatic carbocycles. The summed E-state index contributed by atoms with van der Waals surface area (Å²) in [5.74, 6) is 0.278. The Morgan fingerprint density at radius 1 is 0.921 bits per heavy atom. The number of carbonyl (C=O) groups is 3. The molecule has 7 nitrogen and oxygen atoms in total. The molecule has 2 N–H and O–H groups in total. The minimum Gasteiger partial charge on any atom is -0.457 e. The van der Waals surface area contributed by atoms with Crippen molar-refractivity contribution in [2.75, 3.05) is 17.2 Å². The van der Waals surface area contributed by atoms with Gasteiger partial charge < -0.3 is 20.1 Å². The molecule has 0 spiro atoms. The van der Waals surface area contributed by atoms with E-state index in [1.807, 2.05) is 19.9 Å². The van der Waals surface area contributed by atoms with Crippen LogP contribution in [-0.2, 0) is 19.1 Å². The fourth-order valence-corrected chi connectivity index (χ4v) is 4.19. The van der Waals surface area contributed by atoms with Crippen LogP contribution in [0.2, 0.25) is 5.02 Å². The molecule has 3 aromatic rings. The second kappa shape index (κ2) is 13.4. The number of anilines is 2. The molecular weight excluding hydrogens is 572 g/mol. The first-order chi connectivity index (χ1) is 18.0. The summed E-state index contributed by atoms with van der Waals surface area (Å²) in [7, 11) is 0. The average Bonchev–Trinajstić information content (AvgIpc) is 2.86. The van der Waals surface area contributed by atoms with Crippen molar-refractivity contribution in [2.24, 2.45) is 0 Å². The van der Waals surface area contributed by atoms with Crippen molar-refractivity contribution >= 4 is 56.7 Å². The Bertz CT molecular complexity index is 1330. The monoisotopic (exact) mass is 600 g/mol. The molecule has 0 saturated heterocycles. The van der Waals surface area contributed by atoms with Crippen LogP contribution >= 0.6 is 27.5 Å². The highest BCUT2D eigenvalue weighted by molar-refractivity contribution is 9.10. The second-order valence-electron chi connectivity index (χ2n) is 9.16. The maximum Gasteiger partial charge on any atom is 0.306 e. The van der Waals surface area contributed by atoms with E-state index in [0.29, 0.717) is 32.5 Å². The Labute approximate surface area is 236 Å². The van der Waals surface area contributed by atoms with Gasteiger partial charge in [0.2, 0.25) is 5.91 Å². The summed E-state index contributed by atoms with van der Waals surface area (Å²) >= 11 is 9.38. The lowest BCUT2D eigenvalue weighted by Gasteiger charge is -2.15. The molecule has 200 valence electrons. The summed E-state index contributed by atoms with van der Waals surface area (Å²) in [4.78, 5) is 36.4. The van der Waals surface area contributed by atoms with E-state index in [-0.39, 0.29) is 18.7 Å². The SMILES string of the molecule is Cc1ccc(C(C)C)c(Oc2ccc(NC(=O)CCC(=O)OCC(=O)Nc3cc(Cl)c(Br)cc3C)cc2)c1. The maximum absolute atomic E-state index is 12.3. The normalized spacial score (nSPS) is 10.7. The molecule has 0 unspecified atom stereocenters. The molecule has 0 aliphatic rings. The first-order valence-corrected chi connectivity index (χ1v) is 13.3. The predicted molar refractivity (Wildman–Crippen MR) is 153 cm³/mol. The van der Waals surface area contributed by atoms with Crippen LogP contribution in [0.25, 0.3) is 0 Å². The van der Waals surface area contributed by atoms with Crippen LogP contribution in [-0.4, -0.2) is 24.4 Å². The van der Waals surface area contributed by atoms with Gasteiger partial charge in [-0.3, -0.25) is 14.4 Å². The Hall–Kier alpha value is -3.36. The number of hydrogen-bond acceptors (Lipinski definition) is 5. The highest BCUT2D eigenvalue weighted by Crippen LogP contribution is 2.32. The van der Waals surface area contributed by atoms with E-state index in [1.54, 1.807) is 36.4 Å². The van der Waals surface area contributed by atoms with Crippen LogP contribution < -0.4 is 15.4 Å². The smallest absolute Gasteiger partial charge is 0.306 e. The quantitative estimate of drug-likeness (QED) is 0.234. The van der Waals surface area contributed by atoms with Crippen molar-refractivity contribution in [1.82, 2.24) is 0 Å². The number of halogens is 2. The molecule has 0 heterocycles. The third-order valence-electron chi connectivity index (χ3n) is 5.62.